The van der Waals surface area contributed by atoms with Crippen molar-refractivity contribution in [1.82, 2.24) is 0 Å². The number of halogens is 6. The SMILES string of the molecule is CCCC[N+]1(CC)C=CC=CC1.O=S(=O)([N-]S(=O)(=O)C(F)(F)F)C(F)(F)F. The first-order valence-electron chi connectivity index (χ1n) is 7.60. The van der Waals surface area contributed by atoms with Crippen LogP contribution >= 0.6 is 0 Å². The first kappa shape index (κ1) is 25.9. The Bertz CT molecular complexity index is 700. The lowest BCUT2D eigenvalue weighted by molar-refractivity contribution is -0.872. The van der Waals surface area contributed by atoms with E-state index in [1.165, 1.54) is 32.5 Å². The van der Waals surface area contributed by atoms with Crippen LogP contribution in [0.5, 0.6) is 0 Å². The van der Waals surface area contributed by atoms with Gasteiger partial charge in [-0.2, -0.15) is 26.3 Å². The maximum atomic E-state index is 11.4. The average molecular weight is 446 g/mol. The van der Waals surface area contributed by atoms with E-state index in [0.29, 0.717) is 0 Å². The Hall–Kier alpha value is -1.12. The Balaban J connectivity index is 0.000000511. The van der Waals surface area contributed by atoms with Crippen LogP contribution in [0.2, 0.25) is 0 Å². The molecule has 0 spiro atoms. The number of hydrogen-bond acceptors (Lipinski definition) is 4. The van der Waals surface area contributed by atoms with Gasteiger partial charge in [-0.3, -0.25) is 4.48 Å². The molecule has 0 aromatic heterocycles. The third kappa shape index (κ3) is 7.79. The standard InChI is InChI=1S/C11H20N.C2F6NO4S2/c1-3-5-9-12(4-2)10-7-6-8-11-12;3-1(4,5)14(10,11)9-15(12,13)2(6,7)8/h6-8,10H,3-5,9,11H2,1-2H3;/q+1;-1. The molecule has 1 heterocycles. The van der Waals surface area contributed by atoms with Crippen molar-refractivity contribution in [3.05, 3.63) is 28.6 Å². The maximum Gasteiger partial charge on any atom is 0.480 e. The molecular weight excluding hydrogens is 426 g/mol. The van der Waals surface area contributed by atoms with E-state index in [9.17, 15) is 43.2 Å². The Morgan fingerprint density at radius 3 is 1.70 bits per heavy atom. The molecule has 0 amide bonds. The fourth-order valence-electron chi connectivity index (χ4n) is 1.89. The van der Waals surface area contributed by atoms with Crippen molar-refractivity contribution in [2.75, 3.05) is 19.6 Å². The van der Waals surface area contributed by atoms with Crippen molar-refractivity contribution in [2.24, 2.45) is 0 Å². The van der Waals surface area contributed by atoms with Gasteiger partial charge in [0.15, 0.2) is 20.0 Å². The summed E-state index contributed by atoms with van der Waals surface area (Å²) in [6.07, 6.45) is 11.6. The molecule has 1 rings (SSSR count). The number of sulfonamides is 2. The molecule has 1 unspecified atom stereocenters. The minimum Gasteiger partial charge on any atom is -0.421 e. The first-order chi connectivity index (χ1) is 12.0. The summed E-state index contributed by atoms with van der Waals surface area (Å²) >= 11 is 0. The molecule has 0 radical (unpaired) electrons. The fraction of sp³-hybridized carbons (Fsp3) is 0.692. The van der Waals surface area contributed by atoms with Crippen molar-refractivity contribution < 1.29 is 47.7 Å². The van der Waals surface area contributed by atoms with Crippen molar-refractivity contribution in [1.29, 1.82) is 0 Å². The number of hydrogen-bond donors (Lipinski definition) is 0. The summed E-state index contributed by atoms with van der Waals surface area (Å²) in [6.45, 7) is 8.25. The van der Waals surface area contributed by atoms with Gasteiger partial charge in [-0.05, 0) is 25.5 Å². The zero-order valence-electron chi connectivity index (χ0n) is 14.5. The summed E-state index contributed by atoms with van der Waals surface area (Å²) in [7, 11) is -13.4. The van der Waals surface area contributed by atoms with Crippen LogP contribution in [0.15, 0.2) is 24.4 Å². The summed E-state index contributed by atoms with van der Waals surface area (Å²) in [6, 6.07) is 0. The summed E-state index contributed by atoms with van der Waals surface area (Å²) < 4.78 is 110. The van der Waals surface area contributed by atoms with Crippen molar-refractivity contribution in [2.45, 2.75) is 37.7 Å². The third-order valence-corrected chi connectivity index (χ3v) is 6.23. The van der Waals surface area contributed by atoms with Crippen LogP contribution < -0.4 is 0 Å². The average Bonchev–Trinajstić information content (AvgIpc) is 2.51. The molecule has 1 aliphatic rings. The highest BCUT2D eigenvalue weighted by Gasteiger charge is 2.46. The lowest BCUT2D eigenvalue weighted by Gasteiger charge is -2.34. The fourth-order valence-corrected chi connectivity index (χ4v) is 3.60. The number of likely N-dealkylation sites (N-methyl/N-ethyl adjacent to an activating group) is 1. The molecule has 160 valence electrons. The highest BCUT2D eigenvalue weighted by Crippen LogP contribution is 2.36. The van der Waals surface area contributed by atoms with Crippen LogP contribution in [0.1, 0.15) is 26.7 Å². The Kier molecular flexibility index (Phi) is 9.00. The molecule has 27 heavy (non-hydrogen) atoms. The summed E-state index contributed by atoms with van der Waals surface area (Å²) in [5.41, 5.74) is -12.4. The van der Waals surface area contributed by atoms with E-state index in [4.69, 9.17) is 0 Å². The monoisotopic (exact) mass is 446 g/mol. The number of allylic oxidation sites excluding steroid dienone is 2. The predicted molar refractivity (Wildman–Crippen MR) is 87.0 cm³/mol. The van der Waals surface area contributed by atoms with Gasteiger partial charge in [0.1, 0.15) is 6.54 Å². The molecule has 6 nitrogen and oxygen atoms in total. The number of alkyl halides is 6. The number of rotatable bonds is 6. The largest absolute Gasteiger partial charge is 0.480 e. The molecule has 0 fully saturated rings. The first-order valence-corrected chi connectivity index (χ1v) is 10.5. The van der Waals surface area contributed by atoms with Gasteiger partial charge in [-0.1, -0.05) is 19.4 Å². The van der Waals surface area contributed by atoms with Gasteiger partial charge < -0.3 is 4.13 Å². The number of quaternary nitrogens is 1. The highest BCUT2D eigenvalue weighted by atomic mass is 32.3. The van der Waals surface area contributed by atoms with Crippen LogP contribution in [0.4, 0.5) is 26.3 Å². The number of nitrogens with zero attached hydrogens (tertiary/aromatic N) is 2. The molecule has 0 aliphatic carbocycles. The minimum atomic E-state index is -6.72. The van der Waals surface area contributed by atoms with E-state index in [0.717, 1.165) is 8.61 Å². The lowest BCUT2D eigenvalue weighted by atomic mass is 10.2. The number of unbranched alkanes of at least 4 members (excludes halogenated alkanes) is 1. The van der Waals surface area contributed by atoms with E-state index < -0.39 is 31.1 Å². The van der Waals surface area contributed by atoms with Gasteiger partial charge in [0.05, 0.1) is 19.3 Å². The smallest absolute Gasteiger partial charge is 0.421 e. The van der Waals surface area contributed by atoms with E-state index in [1.54, 1.807) is 0 Å². The molecule has 0 saturated carbocycles. The summed E-state index contributed by atoms with van der Waals surface area (Å²) in [5.74, 6) is 0. The normalized spacial score (nSPS) is 20.9. The summed E-state index contributed by atoms with van der Waals surface area (Å²) in [4.78, 5) is 0. The lowest BCUT2D eigenvalue weighted by Crippen LogP contribution is -2.44. The minimum absolute atomic E-state index is 0.778. The molecule has 0 saturated heterocycles. The zero-order valence-corrected chi connectivity index (χ0v) is 16.1. The molecular formula is C13H20F6N2O4S2. The Labute approximate surface area is 154 Å². The topological polar surface area (TPSA) is 82.4 Å². The van der Waals surface area contributed by atoms with E-state index in [2.05, 4.69) is 38.3 Å². The molecule has 1 atom stereocenters. The second-order valence-electron chi connectivity index (χ2n) is 5.48. The Morgan fingerprint density at radius 2 is 1.41 bits per heavy atom. The predicted octanol–water partition coefficient (Wildman–Crippen LogP) is 3.77. The molecule has 0 N–H and O–H groups in total. The Morgan fingerprint density at radius 1 is 0.926 bits per heavy atom. The maximum absolute atomic E-state index is 11.4. The quantitative estimate of drug-likeness (QED) is 0.460. The molecule has 1 aliphatic heterocycles. The van der Waals surface area contributed by atoms with Gasteiger partial charge in [0.25, 0.3) is 0 Å². The van der Waals surface area contributed by atoms with Crippen LogP contribution in [-0.2, 0) is 20.0 Å². The zero-order chi connectivity index (χ0) is 21.6. The van der Waals surface area contributed by atoms with Crippen LogP contribution in [0.25, 0.3) is 4.13 Å². The van der Waals surface area contributed by atoms with Crippen LogP contribution in [0, 0.1) is 0 Å². The van der Waals surface area contributed by atoms with Crippen molar-refractivity contribution in [3.8, 4) is 0 Å². The van der Waals surface area contributed by atoms with Crippen molar-refractivity contribution in [3.63, 3.8) is 0 Å². The third-order valence-electron chi connectivity index (χ3n) is 3.49. The molecule has 14 heteroatoms. The molecule has 0 bridgehead atoms. The highest BCUT2D eigenvalue weighted by molar-refractivity contribution is 8.13. The van der Waals surface area contributed by atoms with Crippen LogP contribution in [-0.4, -0.2) is 52.0 Å². The van der Waals surface area contributed by atoms with Gasteiger partial charge in [0.2, 0.25) is 0 Å². The molecule has 0 aromatic carbocycles. The van der Waals surface area contributed by atoms with Gasteiger partial charge in [0, 0.05) is 0 Å². The second kappa shape index (κ2) is 9.39. The van der Waals surface area contributed by atoms with Crippen LogP contribution in [0.3, 0.4) is 0 Å². The van der Waals surface area contributed by atoms with E-state index in [-0.39, 0.29) is 0 Å². The van der Waals surface area contributed by atoms with Crippen molar-refractivity contribution >= 4 is 20.0 Å². The van der Waals surface area contributed by atoms with Gasteiger partial charge >= 0.3 is 11.0 Å². The van der Waals surface area contributed by atoms with Gasteiger partial charge in [-0.25, -0.2) is 16.8 Å². The van der Waals surface area contributed by atoms with Gasteiger partial charge in [-0.15, -0.1) is 0 Å². The second-order valence-corrected chi connectivity index (χ2v) is 8.90. The van der Waals surface area contributed by atoms with E-state index in [1.807, 2.05) is 0 Å². The van der Waals surface area contributed by atoms with E-state index >= 15 is 0 Å². The molecule has 0 aromatic rings. The summed E-state index contributed by atoms with van der Waals surface area (Å²) in [5, 5.41) is 0.